The summed E-state index contributed by atoms with van der Waals surface area (Å²) < 4.78 is 24.7. The molecular weight excluding hydrogens is 312 g/mol. The van der Waals surface area contributed by atoms with Crippen molar-refractivity contribution in [3.05, 3.63) is 18.0 Å². The maximum atomic E-state index is 12.2. The molecule has 0 aromatic carbocycles. The van der Waals surface area contributed by atoms with E-state index in [1.165, 1.54) is 12.3 Å². The molecule has 1 aromatic heterocycles. The second-order valence-corrected chi connectivity index (χ2v) is 8.02. The van der Waals surface area contributed by atoms with Crippen LogP contribution in [-0.4, -0.2) is 25.4 Å². The van der Waals surface area contributed by atoms with Gasteiger partial charge in [0.25, 0.3) is 15.0 Å². The monoisotopic (exact) mass is 332 g/mol. The van der Waals surface area contributed by atoms with Gasteiger partial charge in [0, 0.05) is 29.5 Å². The lowest BCUT2D eigenvalue weighted by Crippen LogP contribution is -2.29. The highest BCUT2D eigenvalue weighted by molar-refractivity contribution is 8.13. The van der Waals surface area contributed by atoms with E-state index >= 15 is 0 Å². The van der Waals surface area contributed by atoms with Crippen molar-refractivity contribution in [2.45, 2.75) is 56.4 Å². The fraction of sp³-hybridized carbons (Fsp3) is 0.643. The van der Waals surface area contributed by atoms with Crippen molar-refractivity contribution in [2.75, 3.05) is 6.54 Å². The van der Waals surface area contributed by atoms with Crippen molar-refractivity contribution < 1.29 is 13.2 Å². The number of amides is 1. The Morgan fingerprint density at radius 1 is 1.43 bits per heavy atom. The molecule has 1 N–H and O–H groups in total. The zero-order chi connectivity index (χ0) is 15.5. The summed E-state index contributed by atoms with van der Waals surface area (Å²) in [4.78, 5) is 12.2. The number of hydrogen-bond donors (Lipinski definition) is 1. The van der Waals surface area contributed by atoms with Crippen molar-refractivity contribution in [1.82, 2.24) is 9.88 Å². The van der Waals surface area contributed by atoms with Crippen LogP contribution in [0.5, 0.6) is 0 Å². The van der Waals surface area contributed by atoms with Crippen LogP contribution in [0.1, 0.15) is 62.0 Å². The van der Waals surface area contributed by atoms with E-state index in [-0.39, 0.29) is 16.8 Å². The molecule has 0 radical (unpaired) electrons. The van der Waals surface area contributed by atoms with Gasteiger partial charge >= 0.3 is 0 Å². The Morgan fingerprint density at radius 2 is 2.14 bits per heavy atom. The highest BCUT2D eigenvalue weighted by Gasteiger charge is 2.27. The third-order valence-electron chi connectivity index (χ3n) is 3.87. The van der Waals surface area contributed by atoms with Gasteiger partial charge in [0.05, 0.1) is 0 Å². The molecule has 0 atom stereocenters. The first-order valence-corrected chi connectivity index (χ1v) is 9.69. The lowest BCUT2D eigenvalue weighted by molar-refractivity contribution is 0.0938. The molecule has 1 amide bonds. The second-order valence-electron chi connectivity index (χ2n) is 5.45. The van der Waals surface area contributed by atoms with Gasteiger partial charge in [-0.05, 0) is 31.7 Å². The Kier molecular flexibility index (Phi) is 5.32. The van der Waals surface area contributed by atoms with Crippen LogP contribution in [0.25, 0.3) is 0 Å². The summed E-state index contributed by atoms with van der Waals surface area (Å²) in [5.74, 6) is -0.232. The standard InChI is InChI=1S/C14H21ClN2O3S/c1-2-3-4-8-16-14(18)13-9-12(21(15,19)20)10-17(13)11-6-5-7-11/h9-11H,2-8H2,1H3,(H,16,18). The molecule has 0 saturated heterocycles. The number of nitrogens with zero attached hydrogens (tertiary/aromatic N) is 1. The van der Waals surface area contributed by atoms with Gasteiger partial charge in [-0.2, -0.15) is 0 Å². The van der Waals surface area contributed by atoms with Crippen LogP contribution in [0.2, 0.25) is 0 Å². The molecule has 118 valence electrons. The molecule has 21 heavy (non-hydrogen) atoms. The average Bonchev–Trinajstić information content (AvgIpc) is 2.77. The van der Waals surface area contributed by atoms with Gasteiger partial charge in [-0.25, -0.2) is 8.42 Å². The van der Waals surface area contributed by atoms with Gasteiger partial charge in [0.2, 0.25) is 0 Å². The zero-order valence-electron chi connectivity index (χ0n) is 12.1. The smallest absolute Gasteiger partial charge is 0.267 e. The molecule has 1 aromatic rings. The van der Waals surface area contributed by atoms with E-state index in [0.29, 0.717) is 12.2 Å². The molecule has 7 heteroatoms. The lowest BCUT2D eigenvalue weighted by Gasteiger charge is -2.28. The Labute approximate surface area is 130 Å². The fourth-order valence-electron chi connectivity index (χ4n) is 2.40. The van der Waals surface area contributed by atoms with Crippen molar-refractivity contribution in [2.24, 2.45) is 0 Å². The first kappa shape index (κ1) is 16.4. The first-order valence-electron chi connectivity index (χ1n) is 7.38. The summed E-state index contributed by atoms with van der Waals surface area (Å²) in [6.45, 7) is 2.70. The van der Waals surface area contributed by atoms with Crippen LogP contribution in [0.3, 0.4) is 0 Å². The number of carbonyl (C=O) groups excluding carboxylic acids is 1. The van der Waals surface area contributed by atoms with Gasteiger partial charge in [0.1, 0.15) is 10.6 Å². The summed E-state index contributed by atoms with van der Waals surface area (Å²) in [5, 5.41) is 2.84. The molecule has 2 rings (SSSR count). The minimum atomic E-state index is -3.81. The van der Waals surface area contributed by atoms with Crippen molar-refractivity contribution >= 4 is 25.6 Å². The number of rotatable bonds is 7. The van der Waals surface area contributed by atoms with Gasteiger partial charge in [0.15, 0.2) is 0 Å². The second kappa shape index (κ2) is 6.83. The fourth-order valence-corrected chi connectivity index (χ4v) is 3.15. The highest BCUT2D eigenvalue weighted by atomic mass is 35.7. The Hall–Kier alpha value is -1.01. The molecular formula is C14H21ClN2O3S. The molecule has 1 fully saturated rings. The number of halogens is 1. The van der Waals surface area contributed by atoms with Crippen LogP contribution < -0.4 is 5.32 Å². The Morgan fingerprint density at radius 3 is 2.67 bits per heavy atom. The topological polar surface area (TPSA) is 68.2 Å². The number of carbonyl (C=O) groups is 1. The normalized spacial score (nSPS) is 15.7. The summed E-state index contributed by atoms with van der Waals surface area (Å²) in [6.07, 6.45) is 7.58. The van der Waals surface area contributed by atoms with E-state index in [4.69, 9.17) is 10.7 Å². The van der Waals surface area contributed by atoms with Gasteiger partial charge < -0.3 is 9.88 Å². The van der Waals surface area contributed by atoms with Gasteiger partial charge in [-0.15, -0.1) is 0 Å². The van der Waals surface area contributed by atoms with Crippen molar-refractivity contribution in [3.8, 4) is 0 Å². The largest absolute Gasteiger partial charge is 0.351 e. The quantitative estimate of drug-likeness (QED) is 0.616. The molecule has 0 aliphatic heterocycles. The average molecular weight is 333 g/mol. The highest BCUT2D eigenvalue weighted by Crippen LogP contribution is 2.34. The van der Waals surface area contributed by atoms with E-state index in [9.17, 15) is 13.2 Å². The minimum absolute atomic E-state index is 0.00484. The van der Waals surface area contributed by atoms with E-state index in [1.54, 1.807) is 4.57 Å². The van der Waals surface area contributed by atoms with Crippen LogP contribution in [0, 0.1) is 0 Å². The van der Waals surface area contributed by atoms with Gasteiger partial charge in [-0.1, -0.05) is 19.8 Å². The maximum Gasteiger partial charge on any atom is 0.267 e. The van der Waals surface area contributed by atoms with Crippen LogP contribution in [0.15, 0.2) is 17.2 Å². The maximum absolute atomic E-state index is 12.2. The van der Waals surface area contributed by atoms with Crippen LogP contribution >= 0.6 is 10.7 Å². The molecule has 1 aliphatic carbocycles. The Bertz CT molecular complexity index is 606. The van der Waals surface area contributed by atoms with Gasteiger partial charge in [-0.3, -0.25) is 4.79 Å². The van der Waals surface area contributed by atoms with E-state index in [1.807, 2.05) is 0 Å². The van der Waals surface area contributed by atoms with Crippen molar-refractivity contribution in [3.63, 3.8) is 0 Å². The third-order valence-corrected chi connectivity index (χ3v) is 5.19. The van der Waals surface area contributed by atoms with Crippen molar-refractivity contribution in [1.29, 1.82) is 0 Å². The number of nitrogens with one attached hydrogen (secondary N) is 1. The summed E-state index contributed by atoms with van der Waals surface area (Å²) >= 11 is 0. The number of unbranched alkanes of at least 4 members (excludes halogenated alkanes) is 2. The van der Waals surface area contributed by atoms with Crippen LogP contribution in [-0.2, 0) is 9.05 Å². The summed E-state index contributed by atoms with van der Waals surface area (Å²) in [5.41, 5.74) is 0.385. The minimum Gasteiger partial charge on any atom is -0.351 e. The summed E-state index contributed by atoms with van der Waals surface area (Å²) in [6, 6.07) is 1.57. The predicted octanol–water partition coefficient (Wildman–Crippen LogP) is 3.06. The van der Waals surface area contributed by atoms with E-state index in [2.05, 4.69) is 12.2 Å². The molecule has 1 saturated carbocycles. The SMILES string of the molecule is CCCCCNC(=O)c1cc(S(=O)(=O)Cl)cn1C1CCC1. The van der Waals surface area contributed by atoms with E-state index < -0.39 is 9.05 Å². The number of aromatic nitrogens is 1. The number of hydrogen-bond acceptors (Lipinski definition) is 3. The molecule has 0 spiro atoms. The molecule has 0 bridgehead atoms. The lowest BCUT2D eigenvalue weighted by atomic mass is 9.93. The molecule has 0 unspecified atom stereocenters. The zero-order valence-corrected chi connectivity index (χ0v) is 13.7. The predicted molar refractivity (Wildman–Crippen MR) is 82.2 cm³/mol. The Balaban J connectivity index is 2.16. The van der Waals surface area contributed by atoms with Crippen LogP contribution in [0.4, 0.5) is 0 Å². The molecule has 5 nitrogen and oxygen atoms in total. The third kappa shape index (κ3) is 4.01. The van der Waals surface area contributed by atoms with E-state index in [0.717, 1.165) is 38.5 Å². The molecule has 1 heterocycles. The summed E-state index contributed by atoms with van der Waals surface area (Å²) in [7, 11) is 1.57. The molecule has 1 aliphatic rings. The first-order chi connectivity index (χ1) is 9.93.